The predicted molar refractivity (Wildman–Crippen MR) is 71.3 cm³/mol. The number of hydrogen-bond donors (Lipinski definition) is 1. The Morgan fingerprint density at radius 3 is 2.71 bits per heavy atom. The van der Waals surface area contributed by atoms with Gasteiger partial charge in [-0.2, -0.15) is 0 Å². The van der Waals surface area contributed by atoms with Crippen LogP contribution in [0.5, 0.6) is 0 Å². The van der Waals surface area contributed by atoms with Crippen molar-refractivity contribution >= 4 is 0 Å². The third-order valence-electron chi connectivity index (χ3n) is 4.12. The monoisotopic (exact) mass is 240 g/mol. The van der Waals surface area contributed by atoms with Gasteiger partial charge in [-0.3, -0.25) is 0 Å². The normalized spacial score (nSPS) is 32.8. The van der Waals surface area contributed by atoms with Gasteiger partial charge in [0.15, 0.2) is 0 Å². The van der Waals surface area contributed by atoms with Crippen LogP contribution >= 0.6 is 0 Å². The van der Waals surface area contributed by atoms with Gasteiger partial charge < -0.3 is 15.0 Å². The Labute approximate surface area is 106 Å². The van der Waals surface area contributed by atoms with E-state index in [1.807, 2.05) is 0 Å². The van der Waals surface area contributed by atoms with E-state index in [2.05, 4.69) is 24.1 Å². The highest BCUT2D eigenvalue weighted by atomic mass is 16.5. The SMILES string of the molecule is CC(CNC1CCOC1C)CN1CCCCC1. The Kier molecular flexibility index (Phi) is 5.26. The van der Waals surface area contributed by atoms with Crippen LogP contribution in [0.15, 0.2) is 0 Å². The van der Waals surface area contributed by atoms with E-state index in [9.17, 15) is 0 Å². The molecule has 2 rings (SSSR count). The Hall–Kier alpha value is -0.120. The largest absolute Gasteiger partial charge is 0.377 e. The van der Waals surface area contributed by atoms with E-state index in [0.29, 0.717) is 12.1 Å². The number of hydrogen-bond acceptors (Lipinski definition) is 3. The van der Waals surface area contributed by atoms with Gasteiger partial charge in [-0.1, -0.05) is 13.3 Å². The average Bonchev–Trinajstić information content (AvgIpc) is 2.74. The minimum atomic E-state index is 0.400. The van der Waals surface area contributed by atoms with Gasteiger partial charge in [0.25, 0.3) is 0 Å². The molecule has 2 fully saturated rings. The van der Waals surface area contributed by atoms with Crippen molar-refractivity contribution in [2.75, 3.05) is 32.8 Å². The Balaban J connectivity index is 1.61. The maximum absolute atomic E-state index is 5.57. The van der Waals surface area contributed by atoms with Gasteiger partial charge in [-0.05, 0) is 51.7 Å². The summed E-state index contributed by atoms with van der Waals surface area (Å²) in [4.78, 5) is 2.63. The summed E-state index contributed by atoms with van der Waals surface area (Å²) in [5.41, 5.74) is 0. The molecule has 0 saturated carbocycles. The average molecular weight is 240 g/mol. The molecule has 2 aliphatic heterocycles. The first kappa shape index (κ1) is 13.3. The Morgan fingerprint density at radius 2 is 2.06 bits per heavy atom. The topological polar surface area (TPSA) is 24.5 Å². The third-order valence-corrected chi connectivity index (χ3v) is 4.12. The number of piperidine rings is 1. The van der Waals surface area contributed by atoms with Gasteiger partial charge in [0, 0.05) is 19.2 Å². The number of nitrogens with zero attached hydrogens (tertiary/aromatic N) is 1. The van der Waals surface area contributed by atoms with Gasteiger partial charge >= 0.3 is 0 Å². The standard InChI is InChI=1S/C14H28N2O/c1-12(11-16-7-4-3-5-8-16)10-15-14-6-9-17-13(14)2/h12-15H,3-11H2,1-2H3. The molecule has 0 aliphatic carbocycles. The summed E-state index contributed by atoms with van der Waals surface area (Å²) in [6.07, 6.45) is 5.80. The second-order valence-corrected chi connectivity index (χ2v) is 5.85. The molecule has 3 unspecified atom stereocenters. The summed E-state index contributed by atoms with van der Waals surface area (Å²) in [6, 6.07) is 0.582. The molecule has 0 aromatic rings. The molecule has 3 atom stereocenters. The molecule has 0 aromatic carbocycles. The maximum Gasteiger partial charge on any atom is 0.0700 e. The van der Waals surface area contributed by atoms with E-state index in [-0.39, 0.29) is 0 Å². The van der Waals surface area contributed by atoms with E-state index in [0.717, 1.165) is 19.1 Å². The molecule has 2 saturated heterocycles. The lowest BCUT2D eigenvalue weighted by Gasteiger charge is -2.29. The van der Waals surface area contributed by atoms with Crippen LogP contribution in [0.2, 0.25) is 0 Å². The number of likely N-dealkylation sites (tertiary alicyclic amines) is 1. The lowest BCUT2D eigenvalue weighted by Crippen LogP contribution is -2.41. The van der Waals surface area contributed by atoms with Crippen molar-refractivity contribution in [3.8, 4) is 0 Å². The minimum absolute atomic E-state index is 0.400. The van der Waals surface area contributed by atoms with Gasteiger partial charge in [0.1, 0.15) is 0 Å². The quantitative estimate of drug-likeness (QED) is 0.794. The summed E-state index contributed by atoms with van der Waals surface area (Å²) in [5.74, 6) is 0.751. The van der Waals surface area contributed by atoms with Crippen LogP contribution in [0.25, 0.3) is 0 Å². The molecular weight excluding hydrogens is 212 g/mol. The zero-order valence-electron chi connectivity index (χ0n) is 11.5. The molecule has 3 heteroatoms. The summed E-state index contributed by atoms with van der Waals surface area (Å²) in [6.45, 7) is 10.5. The van der Waals surface area contributed by atoms with Crippen LogP contribution in [-0.2, 0) is 4.74 Å². The summed E-state index contributed by atoms with van der Waals surface area (Å²) < 4.78 is 5.57. The molecule has 17 heavy (non-hydrogen) atoms. The highest BCUT2D eigenvalue weighted by Crippen LogP contribution is 2.14. The summed E-state index contributed by atoms with van der Waals surface area (Å²) in [7, 11) is 0. The van der Waals surface area contributed by atoms with Gasteiger partial charge in [-0.15, -0.1) is 0 Å². The van der Waals surface area contributed by atoms with Crippen LogP contribution in [0.3, 0.4) is 0 Å². The van der Waals surface area contributed by atoms with Crippen molar-refractivity contribution in [1.29, 1.82) is 0 Å². The molecule has 3 nitrogen and oxygen atoms in total. The van der Waals surface area contributed by atoms with E-state index in [4.69, 9.17) is 4.74 Å². The highest BCUT2D eigenvalue weighted by Gasteiger charge is 2.24. The van der Waals surface area contributed by atoms with Crippen molar-refractivity contribution in [3.63, 3.8) is 0 Å². The van der Waals surface area contributed by atoms with E-state index in [1.165, 1.54) is 45.3 Å². The molecule has 0 radical (unpaired) electrons. The molecular formula is C14H28N2O. The first-order valence-electron chi connectivity index (χ1n) is 7.33. The van der Waals surface area contributed by atoms with E-state index < -0.39 is 0 Å². The third kappa shape index (κ3) is 4.23. The minimum Gasteiger partial charge on any atom is -0.377 e. The van der Waals surface area contributed by atoms with Crippen molar-refractivity contribution in [2.45, 2.75) is 51.7 Å². The second-order valence-electron chi connectivity index (χ2n) is 5.85. The zero-order valence-corrected chi connectivity index (χ0v) is 11.5. The van der Waals surface area contributed by atoms with Crippen LogP contribution in [-0.4, -0.2) is 49.8 Å². The summed E-state index contributed by atoms with van der Waals surface area (Å²) >= 11 is 0. The lowest BCUT2D eigenvalue weighted by molar-refractivity contribution is 0.111. The predicted octanol–water partition coefficient (Wildman–Crippen LogP) is 1.88. The van der Waals surface area contributed by atoms with Crippen LogP contribution in [0.4, 0.5) is 0 Å². The molecule has 0 amide bonds. The smallest absolute Gasteiger partial charge is 0.0700 e. The molecule has 0 aromatic heterocycles. The molecule has 2 heterocycles. The van der Waals surface area contributed by atoms with Crippen LogP contribution in [0, 0.1) is 5.92 Å². The number of rotatable bonds is 5. The fourth-order valence-electron chi connectivity index (χ4n) is 3.00. The first-order valence-corrected chi connectivity index (χ1v) is 7.33. The van der Waals surface area contributed by atoms with Crippen molar-refractivity contribution in [3.05, 3.63) is 0 Å². The fourth-order valence-corrected chi connectivity index (χ4v) is 3.00. The van der Waals surface area contributed by atoms with Crippen LogP contribution < -0.4 is 5.32 Å². The molecule has 0 bridgehead atoms. The first-order chi connectivity index (χ1) is 8.25. The van der Waals surface area contributed by atoms with Gasteiger partial charge in [-0.25, -0.2) is 0 Å². The molecule has 0 spiro atoms. The van der Waals surface area contributed by atoms with Crippen molar-refractivity contribution < 1.29 is 4.74 Å². The highest BCUT2D eigenvalue weighted by molar-refractivity contribution is 4.80. The maximum atomic E-state index is 5.57. The summed E-state index contributed by atoms with van der Waals surface area (Å²) in [5, 5.41) is 3.67. The van der Waals surface area contributed by atoms with E-state index >= 15 is 0 Å². The Morgan fingerprint density at radius 1 is 1.29 bits per heavy atom. The second kappa shape index (κ2) is 6.72. The molecule has 2 aliphatic rings. The zero-order chi connectivity index (χ0) is 12.1. The lowest BCUT2D eigenvalue weighted by atomic mass is 10.1. The molecule has 1 N–H and O–H groups in total. The van der Waals surface area contributed by atoms with Gasteiger partial charge in [0.2, 0.25) is 0 Å². The van der Waals surface area contributed by atoms with Crippen LogP contribution in [0.1, 0.15) is 39.5 Å². The fraction of sp³-hybridized carbons (Fsp3) is 1.00. The molecule has 100 valence electrons. The van der Waals surface area contributed by atoms with E-state index in [1.54, 1.807) is 0 Å². The number of ether oxygens (including phenoxy) is 1. The van der Waals surface area contributed by atoms with Crippen molar-refractivity contribution in [2.24, 2.45) is 5.92 Å². The van der Waals surface area contributed by atoms with Gasteiger partial charge in [0.05, 0.1) is 6.10 Å². The van der Waals surface area contributed by atoms with Crippen molar-refractivity contribution in [1.82, 2.24) is 10.2 Å². The Bertz CT molecular complexity index is 216. The number of nitrogens with one attached hydrogen (secondary N) is 1.